The van der Waals surface area contributed by atoms with Crippen LogP contribution in [0.25, 0.3) is 10.1 Å². The van der Waals surface area contributed by atoms with Gasteiger partial charge in [-0.3, -0.25) is 4.79 Å². The molecular weight excluding hydrogens is 275 g/mol. The molecule has 2 heterocycles. The number of hydrogen-bond acceptors (Lipinski definition) is 3. The van der Waals surface area contributed by atoms with Crippen molar-refractivity contribution in [3.63, 3.8) is 0 Å². The molecule has 0 bridgehead atoms. The number of hydrogen-bond donors (Lipinski definition) is 1. The van der Waals surface area contributed by atoms with E-state index in [1.165, 1.54) is 23.5 Å². The summed E-state index contributed by atoms with van der Waals surface area (Å²) in [5, 5.41) is 0.918. The van der Waals surface area contributed by atoms with E-state index in [1.54, 1.807) is 6.07 Å². The third kappa shape index (κ3) is 2.43. The van der Waals surface area contributed by atoms with Crippen LogP contribution in [0, 0.1) is 11.7 Å². The zero-order chi connectivity index (χ0) is 14.3. The van der Waals surface area contributed by atoms with Crippen molar-refractivity contribution in [3.8, 4) is 0 Å². The Kier molecular flexibility index (Phi) is 3.48. The molecule has 2 unspecified atom stereocenters. The number of nitrogens with zero attached hydrogens (tertiary/aromatic N) is 1. The lowest BCUT2D eigenvalue weighted by Gasteiger charge is -2.34. The molecule has 1 fully saturated rings. The second kappa shape index (κ2) is 5.14. The number of nitrogens with two attached hydrogens (primary N) is 1. The summed E-state index contributed by atoms with van der Waals surface area (Å²) in [5.41, 5.74) is 5.98. The molecule has 20 heavy (non-hydrogen) atoms. The normalized spacial score (nSPS) is 23.2. The molecule has 3 nitrogen and oxygen atoms in total. The van der Waals surface area contributed by atoms with Crippen molar-refractivity contribution in [3.05, 3.63) is 35.0 Å². The smallest absolute Gasteiger partial charge is 0.263 e. The Hall–Kier alpha value is -1.46. The number of halogens is 1. The van der Waals surface area contributed by atoms with Gasteiger partial charge in [0.1, 0.15) is 5.82 Å². The Labute approximate surface area is 121 Å². The summed E-state index contributed by atoms with van der Waals surface area (Å²) in [4.78, 5) is 15.0. The number of carbonyl (C=O) groups excluding carboxylic acids is 1. The summed E-state index contributed by atoms with van der Waals surface area (Å²) in [7, 11) is 0. The standard InChI is InChI=1S/C15H17FN2OS/c1-9-8-18(5-4-12(9)17)15(19)14-6-10-2-3-11(16)7-13(10)20-14/h2-3,6-7,9,12H,4-5,8,17H2,1H3. The molecule has 0 radical (unpaired) electrons. The molecule has 1 aromatic heterocycles. The maximum atomic E-state index is 13.2. The number of amides is 1. The Morgan fingerprint density at radius 3 is 3.00 bits per heavy atom. The van der Waals surface area contributed by atoms with Crippen LogP contribution in [0.3, 0.4) is 0 Å². The van der Waals surface area contributed by atoms with E-state index in [0.717, 1.165) is 16.5 Å². The molecule has 106 valence electrons. The van der Waals surface area contributed by atoms with Gasteiger partial charge in [-0.05, 0) is 35.9 Å². The quantitative estimate of drug-likeness (QED) is 0.878. The average Bonchev–Trinajstić information content (AvgIpc) is 2.84. The maximum Gasteiger partial charge on any atom is 0.263 e. The maximum absolute atomic E-state index is 13.2. The second-order valence-electron chi connectivity index (χ2n) is 5.47. The molecular formula is C15H17FN2OS. The average molecular weight is 292 g/mol. The van der Waals surface area contributed by atoms with Crippen molar-refractivity contribution in [2.24, 2.45) is 11.7 Å². The summed E-state index contributed by atoms with van der Waals surface area (Å²) in [5.74, 6) is 0.0841. The third-order valence-corrected chi connectivity index (χ3v) is 5.04. The molecule has 3 rings (SSSR count). The zero-order valence-electron chi connectivity index (χ0n) is 11.3. The first-order valence-electron chi connectivity index (χ1n) is 6.78. The van der Waals surface area contributed by atoms with Crippen LogP contribution >= 0.6 is 11.3 Å². The molecule has 0 aliphatic carbocycles. The van der Waals surface area contributed by atoms with Crippen molar-refractivity contribution in [2.75, 3.05) is 13.1 Å². The molecule has 2 N–H and O–H groups in total. The van der Waals surface area contributed by atoms with Crippen molar-refractivity contribution in [2.45, 2.75) is 19.4 Å². The fourth-order valence-electron chi connectivity index (χ4n) is 2.61. The Morgan fingerprint density at radius 1 is 1.45 bits per heavy atom. The number of carbonyl (C=O) groups is 1. The Morgan fingerprint density at radius 2 is 2.25 bits per heavy atom. The molecule has 1 aliphatic rings. The first-order valence-corrected chi connectivity index (χ1v) is 7.60. The molecule has 1 saturated heterocycles. The molecule has 2 aromatic rings. The fourth-order valence-corrected chi connectivity index (χ4v) is 3.67. The number of rotatable bonds is 1. The molecule has 1 aromatic carbocycles. The number of benzene rings is 1. The van der Waals surface area contributed by atoms with Crippen LogP contribution in [-0.2, 0) is 0 Å². The summed E-state index contributed by atoms with van der Waals surface area (Å²) < 4.78 is 14.0. The van der Waals surface area contributed by atoms with Gasteiger partial charge in [0.15, 0.2) is 0 Å². The van der Waals surface area contributed by atoms with Crippen LogP contribution < -0.4 is 5.73 Å². The minimum Gasteiger partial charge on any atom is -0.338 e. The van der Waals surface area contributed by atoms with E-state index in [2.05, 4.69) is 6.92 Å². The van der Waals surface area contributed by atoms with Crippen LogP contribution in [-0.4, -0.2) is 29.9 Å². The Bertz CT molecular complexity index is 654. The van der Waals surface area contributed by atoms with Gasteiger partial charge in [0.05, 0.1) is 4.88 Å². The third-order valence-electron chi connectivity index (χ3n) is 3.95. The van der Waals surface area contributed by atoms with Gasteiger partial charge in [0.2, 0.25) is 0 Å². The van der Waals surface area contributed by atoms with Crippen LogP contribution in [0.15, 0.2) is 24.3 Å². The molecule has 2 atom stereocenters. The SMILES string of the molecule is CC1CN(C(=O)c2cc3ccc(F)cc3s2)CCC1N. The van der Waals surface area contributed by atoms with Gasteiger partial charge in [-0.15, -0.1) is 11.3 Å². The van der Waals surface area contributed by atoms with Gasteiger partial charge in [-0.2, -0.15) is 0 Å². The van der Waals surface area contributed by atoms with E-state index in [9.17, 15) is 9.18 Å². The molecule has 1 aliphatic heterocycles. The first-order chi connectivity index (χ1) is 9.54. The lowest BCUT2D eigenvalue weighted by molar-refractivity contribution is 0.0669. The lowest BCUT2D eigenvalue weighted by atomic mass is 9.95. The van der Waals surface area contributed by atoms with E-state index >= 15 is 0 Å². The highest BCUT2D eigenvalue weighted by Crippen LogP contribution is 2.28. The van der Waals surface area contributed by atoms with Crippen LogP contribution in [0.2, 0.25) is 0 Å². The monoisotopic (exact) mass is 292 g/mol. The largest absolute Gasteiger partial charge is 0.338 e. The summed E-state index contributed by atoms with van der Waals surface area (Å²) in [6, 6.07) is 6.64. The predicted octanol–water partition coefficient (Wildman–Crippen LogP) is 2.85. The highest BCUT2D eigenvalue weighted by Gasteiger charge is 2.27. The van der Waals surface area contributed by atoms with Gasteiger partial charge in [0, 0.05) is 23.8 Å². The van der Waals surface area contributed by atoms with Crippen molar-refractivity contribution in [1.82, 2.24) is 4.90 Å². The summed E-state index contributed by atoms with van der Waals surface area (Å²) >= 11 is 1.35. The van der Waals surface area contributed by atoms with Gasteiger partial charge in [-0.25, -0.2) is 4.39 Å². The topological polar surface area (TPSA) is 46.3 Å². The fraction of sp³-hybridized carbons (Fsp3) is 0.400. The number of thiophene rings is 1. The number of piperidine rings is 1. The van der Waals surface area contributed by atoms with Crippen molar-refractivity contribution >= 4 is 27.3 Å². The van der Waals surface area contributed by atoms with Crippen LogP contribution in [0.5, 0.6) is 0 Å². The van der Waals surface area contributed by atoms with Crippen molar-refractivity contribution in [1.29, 1.82) is 0 Å². The second-order valence-corrected chi connectivity index (χ2v) is 6.56. The lowest BCUT2D eigenvalue weighted by Crippen LogP contribution is -2.48. The molecule has 1 amide bonds. The minimum atomic E-state index is -0.268. The summed E-state index contributed by atoms with van der Waals surface area (Å²) in [6.45, 7) is 3.47. The van der Waals surface area contributed by atoms with Gasteiger partial charge in [0.25, 0.3) is 5.91 Å². The molecule has 0 saturated carbocycles. The van der Waals surface area contributed by atoms with Crippen molar-refractivity contribution < 1.29 is 9.18 Å². The van der Waals surface area contributed by atoms with E-state index in [4.69, 9.17) is 5.73 Å². The van der Waals surface area contributed by atoms with E-state index < -0.39 is 0 Å². The number of fused-ring (bicyclic) bond motifs is 1. The van der Waals surface area contributed by atoms with Gasteiger partial charge in [-0.1, -0.05) is 13.0 Å². The summed E-state index contributed by atoms with van der Waals surface area (Å²) in [6.07, 6.45) is 0.840. The minimum absolute atomic E-state index is 0.0327. The zero-order valence-corrected chi connectivity index (χ0v) is 12.1. The first kappa shape index (κ1) is 13.5. The van der Waals surface area contributed by atoms with Crippen LogP contribution in [0.1, 0.15) is 23.0 Å². The van der Waals surface area contributed by atoms with E-state index in [-0.39, 0.29) is 17.8 Å². The van der Waals surface area contributed by atoms with Gasteiger partial charge >= 0.3 is 0 Å². The number of likely N-dealkylation sites (tertiary alicyclic amines) is 1. The highest BCUT2D eigenvalue weighted by atomic mass is 32.1. The molecule has 5 heteroatoms. The van der Waals surface area contributed by atoms with E-state index in [1.807, 2.05) is 11.0 Å². The van der Waals surface area contributed by atoms with Gasteiger partial charge < -0.3 is 10.6 Å². The van der Waals surface area contributed by atoms with Crippen LogP contribution in [0.4, 0.5) is 4.39 Å². The molecule has 0 spiro atoms. The Balaban J connectivity index is 1.85. The van der Waals surface area contributed by atoms with E-state index in [0.29, 0.717) is 23.9 Å². The predicted molar refractivity (Wildman–Crippen MR) is 79.4 cm³/mol. The highest BCUT2D eigenvalue weighted by molar-refractivity contribution is 7.20.